The maximum absolute atomic E-state index is 11.7. The van der Waals surface area contributed by atoms with Crippen molar-refractivity contribution >= 4 is 5.97 Å². The van der Waals surface area contributed by atoms with Crippen molar-refractivity contribution in [2.45, 2.75) is 64.0 Å². The first kappa shape index (κ1) is 15.8. The largest absolute Gasteiger partial charge is 0.468 e. The smallest absolute Gasteiger partial charge is 0.322 e. The fourth-order valence-electron chi connectivity index (χ4n) is 3.99. The second-order valence-corrected chi connectivity index (χ2v) is 6.21. The summed E-state index contributed by atoms with van der Waals surface area (Å²) in [4.78, 5) is 14.4. The summed E-state index contributed by atoms with van der Waals surface area (Å²) in [6, 6.07) is 0.632. The second kappa shape index (κ2) is 7.99. The van der Waals surface area contributed by atoms with E-state index in [-0.39, 0.29) is 12.0 Å². The van der Waals surface area contributed by atoms with Gasteiger partial charge in [0, 0.05) is 12.6 Å². The summed E-state index contributed by atoms with van der Waals surface area (Å²) in [5.41, 5.74) is 0. The average Bonchev–Trinajstić information content (AvgIpc) is 3.12. The van der Waals surface area contributed by atoms with Crippen LogP contribution in [0.2, 0.25) is 0 Å². The highest BCUT2D eigenvalue weighted by molar-refractivity contribution is 5.75. The number of esters is 1. The Morgan fingerprint density at radius 3 is 2.70 bits per heavy atom. The van der Waals surface area contributed by atoms with Crippen molar-refractivity contribution in [1.82, 2.24) is 10.2 Å². The van der Waals surface area contributed by atoms with Crippen LogP contribution < -0.4 is 5.32 Å². The number of hydrogen-bond acceptors (Lipinski definition) is 4. The topological polar surface area (TPSA) is 41.6 Å². The van der Waals surface area contributed by atoms with Gasteiger partial charge in [-0.3, -0.25) is 4.79 Å². The van der Waals surface area contributed by atoms with Gasteiger partial charge in [-0.25, -0.2) is 0 Å². The zero-order valence-electron chi connectivity index (χ0n) is 13.1. The van der Waals surface area contributed by atoms with Crippen LogP contribution in [0.3, 0.4) is 0 Å². The molecule has 4 heteroatoms. The van der Waals surface area contributed by atoms with Crippen LogP contribution in [0.4, 0.5) is 0 Å². The zero-order chi connectivity index (χ0) is 14.4. The van der Waals surface area contributed by atoms with Crippen LogP contribution in [-0.4, -0.2) is 49.7 Å². The van der Waals surface area contributed by atoms with Crippen molar-refractivity contribution in [2.24, 2.45) is 5.92 Å². The fraction of sp³-hybridized carbons (Fsp3) is 0.938. The summed E-state index contributed by atoms with van der Waals surface area (Å²) < 4.78 is 4.89. The molecule has 1 saturated carbocycles. The first-order valence-electron chi connectivity index (χ1n) is 8.31. The maximum atomic E-state index is 11.7. The Morgan fingerprint density at radius 2 is 2.05 bits per heavy atom. The van der Waals surface area contributed by atoms with Crippen molar-refractivity contribution in [3.8, 4) is 0 Å². The van der Waals surface area contributed by atoms with Gasteiger partial charge in [-0.2, -0.15) is 0 Å². The van der Waals surface area contributed by atoms with Gasteiger partial charge in [0.1, 0.15) is 6.04 Å². The average molecular weight is 282 g/mol. The monoisotopic (exact) mass is 282 g/mol. The Kier molecular flexibility index (Phi) is 6.30. The highest BCUT2D eigenvalue weighted by Gasteiger charge is 2.33. The van der Waals surface area contributed by atoms with E-state index in [1.165, 1.54) is 52.2 Å². The Balaban J connectivity index is 1.82. The molecule has 2 fully saturated rings. The molecule has 0 aromatic carbocycles. The van der Waals surface area contributed by atoms with E-state index in [1.807, 2.05) is 6.92 Å². The van der Waals surface area contributed by atoms with Crippen molar-refractivity contribution < 1.29 is 9.53 Å². The lowest BCUT2D eigenvalue weighted by atomic mass is 9.96. The predicted octanol–water partition coefficient (Wildman–Crippen LogP) is 2.18. The number of likely N-dealkylation sites (tertiary alicyclic amines) is 1. The number of rotatable bonds is 7. The zero-order valence-corrected chi connectivity index (χ0v) is 13.1. The van der Waals surface area contributed by atoms with E-state index in [2.05, 4.69) is 10.2 Å². The number of nitrogens with one attached hydrogen (secondary N) is 1. The van der Waals surface area contributed by atoms with Crippen molar-refractivity contribution in [3.05, 3.63) is 0 Å². The number of likely N-dealkylation sites (N-methyl/N-ethyl adjacent to an activating group) is 1. The molecule has 0 bridgehead atoms. The van der Waals surface area contributed by atoms with Crippen LogP contribution >= 0.6 is 0 Å². The van der Waals surface area contributed by atoms with Gasteiger partial charge in [0.25, 0.3) is 0 Å². The van der Waals surface area contributed by atoms with E-state index in [0.717, 1.165) is 31.5 Å². The molecule has 0 amide bonds. The van der Waals surface area contributed by atoms with Crippen LogP contribution in [0.1, 0.15) is 51.9 Å². The summed E-state index contributed by atoms with van der Waals surface area (Å²) in [6.07, 6.45) is 9.20. The normalized spacial score (nSPS) is 26.0. The Hall–Kier alpha value is -0.610. The molecule has 2 atom stereocenters. The first-order valence-corrected chi connectivity index (χ1v) is 8.31. The molecule has 2 unspecified atom stereocenters. The van der Waals surface area contributed by atoms with Crippen molar-refractivity contribution in [1.29, 1.82) is 0 Å². The van der Waals surface area contributed by atoms with Gasteiger partial charge in [-0.15, -0.1) is 0 Å². The number of carbonyl (C=O) groups is 1. The van der Waals surface area contributed by atoms with Crippen LogP contribution in [0.15, 0.2) is 0 Å². The van der Waals surface area contributed by atoms with Gasteiger partial charge in [0.05, 0.1) is 7.11 Å². The standard InChI is InChI=1S/C16H30N2O2/c1-3-17-14(16(19)20-2)10-12-18-11-6-9-15(18)13-7-4-5-8-13/h13-15,17H,3-12H2,1-2H3. The summed E-state index contributed by atoms with van der Waals surface area (Å²) in [5, 5.41) is 3.24. The lowest BCUT2D eigenvalue weighted by Crippen LogP contribution is -2.42. The van der Waals surface area contributed by atoms with Gasteiger partial charge < -0.3 is 15.0 Å². The quantitative estimate of drug-likeness (QED) is 0.727. The molecule has 4 nitrogen and oxygen atoms in total. The van der Waals surface area contributed by atoms with E-state index >= 15 is 0 Å². The molecular weight excluding hydrogens is 252 g/mol. The third-order valence-electron chi connectivity index (χ3n) is 5.00. The molecule has 0 aromatic rings. The molecule has 20 heavy (non-hydrogen) atoms. The number of ether oxygens (including phenoxy) is 1. The van der Waals surface area contributed by atoms with Crippen LogP contribution in [0, 0.1) is 5.92 Å². The van der Waals surface area contributed by atoms with E-state index in [9.17, 15) is 4.79 Å². The fourth-order valence-corrected chi connectivity index (χ4v) is 3.99. The summed E-state index contributed by atoms with van der Waals surface area (Å²) in [7, 11) is 1.48. The molecule has 1 N–H and O–H groups in total. The maximum Gasteiger partial charge on any atom is 0.322 e. The first-order chi connectivity index (χ1) is 9.76. The van der Waals surface area contributed by atoms with E-state index in [0.29, 0.717) is 0 Å². The van der Waals surface area contributed by atoms with E-state index in [4.69, 9.17) is 4.74 Å². The number of carbonyl (C=O) groups excluding carboxylic acids is 1. The molecule has 1 aliphatic carbocycles. The molecule has 2 rings (SSSR count). The van der Waals surface area contributed by atoms with Gasteiger partial charge in [-0.1, -0.05) is 19.8 Å². The minimum atomic E-state index is -0.144. The summed E-state index contributed by atoms with van der Waals surface area (Å²) in [6.45, 7) is 5.08. The molecule has 1 saturated heterocycles. The Morgan fingerprint density at radius 1 is 1.30 bits per heavy atom. The highest BCUT2D eigenvalue weighted by atomic mass is 16.5. The molecule has 0 spiro atoms. The molecule has 0 aromatic heterocycles. The third-order valence-corrected chi connectivity index (χ3v) is 5.00. The van der Waals surface area contributed by atoms with Gasteiger partial charge >= 0.3 is 5.97 Å². The van der Waals surface area contributed by atoms with Gasteiger partial charge in [0.15, 0.2) is 0 Å². The highest BCUT2D eigenvalue weighted by Crippen LogP contribution is 2.35. The summed E-state index contributed by atoms with van der Waals surface area (Å²) >= 11 is 0. The van der Waals surface area contributed by atoms with Crippen LogP contribution in [0.25, 0.3) is 0 Å². The van der Waals surface area contributed by atoms with E-state index in [1.54, 1.807) is 0 Å². The van der Waals surface area contributed by atoms with Crippen LogP contribution in [0.5, 0.6) is 0 Å². The molecule has 116 valence electrons. The van der Waals surface area contributed by atoms with E-state index < -0.39 is 0 Å². The van der Waals surface area contributed by atoms with Crippen molar-refractivity contribution in [3.63, 3.8) is 0 Å². The number of methoxy groups -OCH3 is 1. The van der Waals surface area contributed by atoms with Gasteiger partial charge in [-0.05, 0) is 51.1 Å². The minimum absolute atomic E-state index is 0.122. The molecular formula is C16H30N2O2. The molecule has 0 radical (unpaired) electrons. The minimum Gasteiger partial charge on any atom is -0.468 e. The lowest BCUT2D eigenvalue weighted by molar-refractivity contribution is -0.143. The van der Waals surface area contributed by atoms with Crippen molar-refractivity contribution in [2.75, 3.05) is 26.7 Å². The lowest BCUT2D eigenvalue weighted by Gasteiger charge is -2.30. The Labute approximate surface area is 123 Å². The predicted molar refractivity (Wildman–Crippen MR) is 80.7 cm³/mol. The number of hydrogen-bond donors (Lipinski definition) is 1. The Bertz CT molecular complexity index is 303. The second-order valence-electron chi connectivity index (χ2n) is 6.21. The van der Waals surface area contributed by atoms with Gasteiger partial charge in [0.2, 0.25) is 0 Å². The molecule has 1 aliphatic heterocycles. The molecule has 1 heterocycles. The van der Waals surface area contributed by atoms with Crippen LogP contribution in [-0.2, 0) is 9.53 Å². The summed E-state index contributed by atoms with van der Waals surface area (Å²) in [5.74, 6) is 0.789. The number of nitrogens with zero attached hydrogens (tertiary/aromatic N) is 1. The third kappa shape index (κ3) is 3.95. The SMILES string of the molecule is CCNC(CCN1CCCC1C1CCCC1)C(=O)OC. The molecule has 2 aliphatic rings.